The molecule has 0 saturated heterocycles. The normalized spacial score (nSPS) is 29.8. The smallest absolute Gasteiger partial charge is 0.0132 e. The molecule has 1 N–H and O–H groups in total. The van der Waals surface area contributed by atoms with E-state index in [-0.39, 0.29) is 0 Å². The van der Waals surface area contributed by atoms with Crippen molar-refractivity contribution in [3.8, 4) is 0 Å². The van der Waals surface area contributed by atoms with Crippen molar-refractivity contribution in [2.24, 2.45) is 5.92 Å². The molecule has 0 aromatic carbocycles. The predicted molar refractivity (Wildman–Crippen MR) is 71.6 cm³/mol. The Hall–Kier alpha value is 0.310. The van der Waals surface area contributed by atoms with E-state index in [2.05, 4.69) is 25.4 Å². The van der Waals surface area contributed by atoms with Gasteiger partial charge in [-0.05, 0) is 38.4 Å². The van der Waals surface area contributed by atoms with Gasteiger partial charge in [0.15, 0.2) is 0 Å². The number of hydrogen-bond donors (Lipinski definition) is 1. The summed E-state index contributed by atoms with van der Waals surface area (Å²) in [6.45, 7) is 4.66. The number of hydrogen-bond acceptors (Lipinski definition) is 2. The molecular weight excluding hydrogens is 202 g/mol. The van der Waals surface area contributed by atoms with Gasteiger partial charge in [0.1, 0.15) is 0 Å². The van der Waals surface area contributed by atoms with Crippen LogP contribution in [0.15, 0.2) is 0 Å². The lowest BCUT2D eigenvalue weighted by Gasteiger charge is -2.21. The SMILES string of the molecule is CCC1CCCC(NC(C)CSC)CC1. The number of nitrogens with one attached hydrogen (secondary N) is 1. The van der Waals surface area contributed by atoms with Crippen LogP contribution in [-0.4, -0.2) is 24.1 Å². The van der Waals surface area contributed by atoms with Gasteiger partial charge in [-0.15, -0.1) is 0 Å². The molecule has 0 bridgehead atoms. The Morgan fingerprint density at radius 1 is 1.27 bits per heavy atom. The van der Waals surface area contributed by atoms with Gasteiger partial charge < -0.3 is 5.32 Å². The lowest BCUT2D eigenvalue weighted by atomic mass is 9.98. The Labute approximate surface area is 99.8 Å². The Kier molecular flexibility index (Phi) is 6.74. The largest absolute Gasteiger partial charge is 0.311 e. The summed E-state index contributed by atoms with van der Waals surface area (Å²) in [5.41, 5.74) is 0. The minimum Gasteiger partial charge on any atom is -0.311 e. The van der Waals surface area contributed by atoms with Crippen LogP contribution in [0.25, 0.3) is 0 Å². The fraction of sp³-hybridized carbons (Fsp3) is 1.00. The molecule has 1 saturated carbocycles. The van der Waals surface area contributed by atoms with Gasteiger partial charge in [0.2, 0.25) is 0 Å². The second kappa shape index (κ2) is 7.56. The van der Waals surface area contributed by atoms with E-state index in [1.165, 1.54) is 44.3 Å². The standard InChI is InChI=1S/C13H27NS/c1-4-12-6-5-7-13(9-8-12)14-11(2)10-15-3/h11-14H,4-10H2,1-3H3. The van der Waals surface area contributed by atoms with E-state index in [4.69, 9.17) is 0 Å². The van der Waals surface area contributed by atoms with Crippen LogP contribution in [0.5, 0.6) is 0 Å². The monoisotopic (exact) mass is 229 g/mol. The Bertz CT molecular complexity index is 161. The molecule has 3 atom stereocenters. The topological polar surface area (TPSA) is 12.0 Å². The van der Waals surface area contributed by atoms with Crippen molar-refractivity contribution in [1.82, 2.24) is 5.32 Å². The maximum atomic E-state index is 3.78. The van der Waals surface area contributed by atoms with E-state index in [0.29, 0.717) is 6.04 Å². The first-order chi connectivity index (χ1) is 7.26. The molecule has 1 aliphatic rings. The first-order valence-corrected chi connectivity index (χ1v) is 7.90. The van der Waals surface area contributed by atoms with E-state index >= 15 is 0 Å². The van der Waals surface area contributed by atoms with Crippen molar-refractivity contribution in [2.75, 3.05) is 12.0 Å². The van der Waals surface area contributed by atoms with E-state index < -0.39 is 0 Å². The van der Waals surface area contributed by atoms with Gasteiger partial charge in [0.05, 0.1) is 0 Å². The third kappa shape index (κ3) is 5.26. The third-order valence-electron chi connectivity index (χ3n) is 3.60. The van der Waals surface area contributed by atoms with Gasteiger partial charge in [0.25, 0.3) is 0 Å². The molecule has 0 radical (unpaired) electrons. The first kappa shape index (κ1) is 13.4. The van der Waals surface area contributed by atoms with Crippen LogP contribution in [-0.2, 0) is 0 Å². The van der Waals surface area contributed by atoms with Gasteiger partial charge in [-0.3, -0.25) is 0 Å². The summed E-state index contributed by atoms with van der Waals surface area (Å²) < 4.78 is 0. The zero-order chi connectivity index (χ0) is 11.1. The van der Waals surface area contributed by atoms with Crippen molar-refractivity contribution >= 4 is 11.8 Å². The zero-order valence-electron chi connectivity index (χ0n) is 10.6. The molecule has 3 unspecified atom stereocenters. The fourth-order valence-corrected chi connectivity index (χ4v) is 3.25. The molecular formula is C13H27NS. The van der Waals surface area contributed by atoms with E-state index in [9.17, 15) is 0 Å². The molecule has 1 rings (SSSR count). The Balaban J connectivity index is 2.24. The highest BCUT2D eigenvalue weighted by Crippen LogP contribution is 2.25. The minimum absolute atomic E-state index is 0.683. The van der Waals surface area contributed by atoms with E-state index in [1.54, 1.807) is 0 Å². The molecule has 1 aliphatic carbocycles. The van der Waals surface area contributed by atoms with Crippen molar-refractivity contribution in [3.63, 3.8) is 0 Å². The van der Waals surface area contributed by atoms with Crippen molar-refractivity contribution < 1.29 is 0 Å². The van der Waals surface area contributed by atoms with Gasteiger partial charge in [0, 0.05) is 17.8 Å². The van der Waals surface area contributed by atoms with Gasteiger partial charge in [-0.1, -0.05) is 26.2 Å². The van der Waals surface area contributed by atoms with Crippen LogP contribution in [0.3, 0.4) is 0 Å². The van der Waals surface area contributed by atoms with E-state index in [0.717, 1.165) is 12.0 Å². The van der Waals surface area contributed by atoms with Crippen molar-refractivity contribution in [3.05, 3.63) is 0 Å². The van der Waals surface area contributed by atoms with Gasteiger partial charge in [-0.2, -0.15) is 11.8 Å². The summed E-state index contributed by atoms with van der Waals surface area (Å²) in [5, 5.41) is 3.78. The quantitative estimate of drug-likeness (QED) is 0.722. The highest BCUT2D eigenvalue weighted by Gasteiger charge is 2.18. The Morgan fingerprint density at radius 2 is 2.07 bits per heavy atom. The summed E-state index contributed by atoms with van der Waals surface area (Å²) in [5.74, 6) is 2.25. The summed E-state index contributed by atoms with van der Waals surface area (Å²) in [6, 6.07) is 1.48. The average molecular weight is 229 g/mol. The highest BCUT2D eigenvalue weighted by atomic mass is 32.2. The number of rotatable bonds is 5. The molecule has 0 heterocycles. The molecule has 0 aromatic rings. The van der Waals surface area contributed by atoms with Crippen molar-refractivity contribution in [2.45, 2.75) is 64.5 Å². The lowest BCUT2D eigenvalue weighted by molar-refractivity contribution is 0.407. The average Bonchev–Trinajstić information content (AvgIpc) is 2.43. The van der Waals surface area contributed by atoms with E-state index in [1.807, 2.05) is 11.8 Å². The van der Waals surface area contributed by atoms with Crippen LogP contribution in [0.4, 0.5) is 0 Å². The molecule has 1 fully saturated rings. The summed E-state index contributed by atoms with van der Waals surface area (Å²) in [4.78, 5) is 0. The fourth-order valence-electron chi connectivity index (χ4n) is 2.65. The van der Waals surface area contributed by atoms with Crippen LogP contribution in [0, 0.1) is 5.92 Å². The number of thioether (sulfide) groups is 1. The lowest BCUT2D eigenvalue weighted by Crippen LogP contribution is -2.37. The zero-order valence-corrected chi connectivity index (χ0v) is 11.4. The van der Waals surface area contributed by atoms with Crippen LogP contribution in [0.1, 0.15) is 52.4 Å². The predicted octanol–water partition coefficient (Wildman–Crippen LogP) is 3.69. The summed E-state index contributed by atoms with van der Waals surface area (Å²) >= 11 is 1.95. The molecule has 0 spiro atoms. The van der Waals surface area contributed by atoms with Crippen molar-refractivity contribution in [1.29, 1.82) is 0 Å². The van der Waals surface area contributed by atoms with Gasteiger partial charge in [-0.25, -0.2) is 0 Å². The maximum Gasteiger partial charge on any atom is 0.0132 e. The summed E-state index contributed by atoms with van der Waals surface area (Å²) in [6.07, 6.45) is 10.7. The van der Waals surface area contributed by atoms with Crippen LogP contribution in [0.2, 0.25) is 0 Å². The van der Waals surface area contributed by atoms with Crippen LogP contribution < -0.4 is 5.32 Å². The summed E-state index contributed by atoms with van der Waals surface area (Å²) in [7, 11) is 0. The molecule has 90 valence electrons. The molecule has 2 heteroatoms. The first-order valence-electron chi connectivity index (χ1n) is 6.51. The minimum atomic E-state index is 0.683. The molecule has 0 aromatic heterocycles. The Morgan fingerprint density at radius 3 is 2.73 bits per heavy atom. The molecule has 0 amide bonds. The molecule has 0 aliphatic heterocycles. The van der Waals surface area contributed by atoms with Crippen LogP contribution >= 0.6 is 11.8 Å². The third-order valence-corrected chi connectivity index (χ3v) is 4.44. The second-order valence-electron chi connectivity index (χ2n) is 5.00. The molecule has 15 heavy (non-hydrogen) atoms. The second-order valence-corrected chi connectivity index (χ2v) is 5.91. The molecule has 1 nitrogen and oxygen atoms in total. The van der Waals surface area contributed by atoms with Gasteiger partial charge >= 0.3 is 0 Å². The highest BCUT2D eigenvalue weighted by molar-refractivity contribution is 7.98. The maximum absolute atomic E-state index is 3.78.